The number of benzene rings is 2. The lowest BCUT2D eigenvalue weighted by atomic mass is 10.1. The summed E-state index contributed by atoms with van der Waals surface area (Å²) in [6.45, 7) is 4.08. The average Bonchev–Trinajstić information content (AvgIpc) is 2.76. The Hall–Kier alpha value is -2.48. The van der Waals surface area contributed by atoms with Gasteiger partial charge >= 0.3 is 0 Å². The number of fused-ring (bicyclic) bond motifs is 1. The van der Waals surface area contributed by atoms with E-state index in [1.807, 2.05) is 36.4 Å². The van der Waals surface area contributed by atoms with Crippen molar-refractivity contribution >= 4 is 23.6 Å². The van der Waals surface area contributed by atoms with Crippen LogP contribution in [0.25, 0.3) is 23.6 Å². The second kappa shape index (κ2) is 4.65. The molecule has 2 nitrogen and oxygen atoms in total. The maximum atomic E-state index is 5.17. The molecular formula is C17H15NO. The predicted molar refractivity (Wildman–Crippen MR) is 79.6 cm³/mol. The zero-order valence-electron chi connectivity index (χ0n) is 10.8. The SMILES string of the molecule is C=c1[nH]c2ccccc2/c1=C\c1ccc(OC)cc1. The molecule has 1 heterocycles. The number of rotatable bonds is 2. The largest absolute Gasteiger partial charge is 0.497 e. The van der Waals surface area contributed by atoms with Gasteiger partial charge in [0.15, 0.2) is 0 Å². The summed E-state index contributed by atoms with van der Waals surface area (Å²) in [7, 11) is 1.67. The van der Waals surface area contributed by atoms with Gasteiger partial charge in [-0.1, -0.05) is 36.9 Å². The Bertz CT molecular complexity index is 813. The molecule has 3 aromatic rings. The maximum absolute atomic E-state index is 5.17. The first-order valence-electron chi connectivity index (χ1n) is 6.19. The second-order valence-corrected chi connectivity index (χ2v) is 4.48. The third-order valence-corrected chi connectivity index (χ3v) is 3.25. The fraction of sp³-hybridized carbons (Fsp3) is 0.0588. The normalized spacial score (nSPS) is 11.9. The summed E-state index contributed by atoms with van der Waals surface area (Å²) in [5, 5.41) is 3.28. The van der Waals surface area contributed by atoms with E-state index in [0.717, 1.165) is 27.4 Å². The summed E-state index contributed by atoms with van der Waals surface area (Å²) >= 11 is 0. The van der Waals surface area contributed by atoms with Crippen molar-refractivity contribution in [3.05, 3.63) is 64.7 Å². The van der Waals surface area contributed by atoms with Crippen LogP contribution in [0.3, 0.4) is 0 Å². The first-order chi connectivity index (χ1) is 9.28. The van der Waals surface area contributed by atoms with Crippen LogP contribution in [0.15, 0.2) is 48.5 Å². The number of hydrogen-bond donors (Lipinski definition) is 1. The predicted octanol–water partition coefficient (Wildman–Crippen LogP) is 2.42. The van der Waals surface area contributed by atoms with Crippen LogP contribution in [-0.4, -0.2) is 12.1 Å². The molecule has 0 aliphatic rings. The van der Waals surface area contributed by atoms with Crippen molar-refractivity contribution in [2.24, 2.45) is 0 Å². The van der Waals surface area contributed by atoms with Gasteiger partial charge in [0.1, 0.15) is 5.75 Å². The third kappa shape index (κ3) is 2.13. The van der Waals surface area contributed by atoms with Crippen LogP contribution in [0.5, 0.6) is 5.75 Å². The first-order valence-corrected chi connectivity index (χ1v) is 6.19. The molecule has 0 radical (unpaired) electrons. The molecule has 0 aliphatic carbocycles. The molecule has 94 valence electrons. The molecule has 2 heteroatoms. The highest BCUT2D eigenvalue weighted by Gasteiger charge is 1.98. The fourth-order valence-electron chi connectivity index (χ4n) is 2.25. The van der Waals surface area contributed by atoms with Crippen LogP contribution in [-0.2, 0) is 0 Å². The van der Waals surface area contributed by atoms with Crippen LogP contribution in [0, 0.1) is 0 Å². The quantitative estimate of drug-likeness (QED) is 0.741. The van der Waals surface area contributed by atoms with E-state index in [9.17, 15) is 0 Å². The number of para-hydroxylation sites is 1. The minimum absolute atomic E-state index is 0.867. The molecule has 0 amide bonds. The minimum atomic E-state index is 0.867. The molecule has 3 rings (SSSR count). The van der Waals surface area contributed by atoms with E-state index in [1.54, 1.807) is 7.11 Å². The number of H-pyrrole nitrogens is 1. The Morgan fingerprint density at radius 2 is 1.79 bits per heavy atom. The zero-order valence-corrected chi connectivity index (χ0v) is 10.8. The average molecular weight is 249 g/mol. The Labute approximate surface area is 111 Å². The van der Waals surface area contributed by atoms with Crippen molar-refractivity contribution in [2.45, 2.75) is 0 Å². The molecule has 1 N–H and O–H groups in total. The van der Waals surface area contributed by atoms with E-state index in [1.165, 1.54) is 5.39 Å². The molecule has 19 heavy (non-hydrogen) atoms. The van der Waals surface area contributed by atoms with E-state index in [4.69, 9.17) is 4.74 Å². The van der Waals surface area contributed by atoms with Gasteiger partial charge in [0.05, 0.1) is 7.11 Å². The Morgan fingerprint density at radius 3 is 2.53 bits per heavy atom. The van der Waals surface area contributed by atoms with Crippen LogP contribution in [0.2, 0.25) is 0 Å². The lowest BCUT2D eigenvalue weighted by Crippen LogP contribution is -2.20. The fourth-order valence-corrected chi connectivity index (χ4v) is 2.25. The molecular weight excluding hydrogens is 234 g/mol. The van der Waals surface area contributed by atoms with Crippen molar-refractivity contribution in [2.75, 3.05) is 7.11 Å². The van der Waals surface area contributed by atoms with E-state index in [0.29, 0.717) is 0 Å². The summed E-state index contributed by atoms with van der Waals surface area (Å²) in [5.41, 5.74) is 2.25. The second-order valence-electron chi connectivity index (χ2n) is 4.48. The smallest absolute Gasteiger partial charge is 0.118 e. The molecule has 0 fully saturated rings. The van der Waals surface area contributed by atoms with Gasteiger partial charge in [0, 0.05) is 21.5 Å². The van der Waals surface area contributed by atoms with Gasteiger partial charge in [-0.15, -0.1) is 0 Å². The third-order valence-electron chi connectivity index (χ3n) is 3.25. The highest BCUT2D eigenvalue weighted by Crippen LogP contribution is 2.12. The van der Waals surface area contributed by atoms with E-state index < -0.39 is 0 Å². The van der Waals surface area contributed by atoms with Gasteiger partial charge in [-0.3, -0.25) is 0 Å². The highest BCUT2D eigenvalue weighted by atomic mass is 16.5. The Balaban J connectivity index is 2.19. The molecule has 0 bridgehead atoms. The van der Waals surface area contributed by atoms with Crippen molar-refractivity contribution in [1.82, 2.24) is 4.98 Å². The van der Waals surface area contributed by atoms with Gasteiger partial charge in [-0.25, -0.2) is 0 Å². The molecule has 0 spiro atoms. The van der Waals surface area contributed by atoms with Gasteiger partial charge in [-0.2, -0.15) is 0 Å². The van der Waals surface area contributed by atoms with E-state index >= 15 is 0 Å². The number of aromatic nitrogens is 1. The molecule has 0 aliphatic heterocycles. The number of ether oxygens (including phenoxy) is 1. The lowest BCUT2D eigenvalue weighted by molar-refractivity contribution is 0.415. The first kappa shape index (κ1) is 11.6. The molecule has 0 unspecified atom stereocenters. The van der Waals surface area contributed by atoms with Gasteiger partial charge < -0.3 is 9.72 Å². The minimum Gasteiger partial charge on any atom is -0.497 e. The highest BCUT2D eigenvalue weighted by molar-refractivity contribution is 5.82. The van der Waals surface area contributed by atoms with Crippen LogP contribution >= 0.6 is 0 Å². The summed E-state index contributed by atoms with van der Waals surface area (Å²) in [6.07, 6.45) is 2.14. The lowest BCUT2D eigenvalue weighted by Gasteiger charge is -1.98. The summed E-state index contributed by atoms with van der Waals surface area (Å²) < 4.78 is 5.17. The molecule has 0 atom stereocenters. The van der Waals surface area contributed by atoms with Gasteiger partial charge in [0.25, 0.3) is 0 Å². The number of aromatic amines is 1. The molecule has 0 saturated heterocycles. The standard InChI is InChI=1S/C17H15NO/c1-12-16(15-5-3-4-6-17(15)18-12)11-13-7-9-14(19-2)10-8-13/h3-11,18H,1H2,2H3/b16-11-. The Kier molecular flexibility index (Phi) is 2.84. The molecule has 0 saturated carbocycles. The van der Waals surface area contributed by atoms with Gasteiger partial charge in [-0.05, 0) is 29.8 Å². The molecule has 2 aromatic carbocycles. The van der Waals surface area contributed by atoms with E-state index in [-0.39, 0.29) is 0 Å². The van der Waals surface area contributed by atoms with Crippen LogP contribution in [0.1, 0.15) is 5.56 Å². The van der Waals surface area contributed by atoms with Crippen molar-refractivity contribution in [1.29, 1.82) is 0 Å². The number of nitrogens with one attached hydrogen (secondary N) is 1. The zero-order chi connectivity index (χ0) is 13.2. The van der Waals surface area contributed by atoms with Crippen LogP contribution < -0.4 is 15.3 Å². The number of methoxy groups -OCH3 is 1. The number of hydrogen-bond acceptors (Lipinski definition) is 1. The Morgan fingerprint density at radius 1 is 1.05 bits per heavy atom. The van der Waals surface area contributed by atoms with Crippen molar-refractivity contribution in [3.63, 3.8) is 0 Å². The van der Waals surface area contributed by atoms with Crippen molar-refractivity contribution < 1.29 is 4.74 Å². The topological polar surface area (TPSA) is 25.0 Å². The van der Waals surface area contributed by atoms with Gasteiger partial charge in [0.2, 0.25) is 0 Å². The van der Waals surface area contributed by atoms with Crippen molar-refractivity contribution in [3.8, 4) is 5.75 Å². The maximum Gasteiger partial charge on any atom is 0.118 e. The van der Waals surface area contributed by atoms with Crippen LogP contribution in [0.4, 0.5) is 0 Å². The summed E-state index contributed by atoms with van der Waals surface area (Å²) in [5.74, 6) is 0.867. The summed E-state index contributed by atoms with van der Waals surface area (Å²) in [6, 6.07) is 16.2. The molecule has 1 aromatic heterocycles. The monoisotopic (exact) mass is 249 g/mol. The summed E-state index contributed by atoms with van der Waals surface area (Å²) in [4.78, 5) is 3.30. The van der Waals surface area contributed by atoms with E-state index in [2.05, 4.69) is 29.8 Å².